The Hall–Kier alpha value is -3.05. The molecule has 0 aromatic carbocycles. The van der Waals surface area contributed by atoms with Crippen molar-refractivity contribution < 1.29 is 39.3 Å². The number of rotatable bonds is 12. The Kier molecular flexibility index (Phi) is 8.51. The SMILES string of the molecule is CC(C)(CCNC(=O)CCN1C(=O)C=CC1O)OCCC(C)(C)C(=O)On1c(O)ccc1O. The maximum absolute atomic E-state index is 12.4. The fourth-order valence-corrected chi connectivity index (χ4v) is 3.01. The van der Waals surface area contributed by atoms with E-state index < -0.39 is 35.0 Å². The van der Waals surface area contributed by atoms with Crippen molar-refractivity contribution in [1.29, 1.82) is 0 Å². The third kappa shape index (κ3) is 7.50. The van der Waals surface area contributed by atoms with Crippen molar-refractivity contribution in [2.45, 2.75) is 58.8 Å². The summed E-state index contributed by atoms with van der Waals surface area (Å²) in [6, 6.07) is 2.40. The molecule has 0 spiro atoms. The van der Waals surface area contributed by atoms with Crippen LogP contribution in [0.1, 0.15) is 47.0 Å². The van der Waals surface area contributed by atoms with E-state index in [1.54, 1.807) is 13.8 Å². The normalized spacial score (nSPS) is 16.3. The minimum Gasteiger partial charge on any atom is -0.492 e. The van der Waals surface area contributed by atoms with Crippen molar-refractivity contribution in [3.63, 3.8) is 0 Å². The van der Waals surface area contributed by atoms with Crippen LogP contribution < -0.4 is 10.2 Å². The van der Waals surface area contributed by atoms with Crippen molar-refractivity contribution in [1.82, 2.24) is 14.9 Å². The van der Waals surface area contributed by atoms with Crippen LogP contribution >= 0.6 is 0 Å². The summed E-state index contributed by atoms with van der Waals surface area (Å²) < 4.78 is 6.54. The number of aliphatic hydroxyl groups excluding tert-OH is 1. The second kappa shape index (κ2) is 10.7. The zero-order chi connectivity index (χ0) is 24.8. The molecule has 184 valence electrons. The highest BCUT2D eigenvalue weighted by molar-refractivity contribution is 5.90. The first-order chi connectivity index (χ1) is 15.3. The molecule has 0 bridgehead atoms. The Balaban J connectivity index is 1.68. The van der Waals surface area contributed by atoms with Crippen molar-refractivity contribution in [3.05, 3.63) is 24.3 Å². The third-order valence-electron chi connectivity index (χ3n) is 5.39. The van der Waals surface area contributed by atoms with Crippen molar-refractivity contribution >= 4 is 17.8 Å². The zero-order valence-electron chi connectivity index (χ0n) is 19.4. The van der Waals surface area contributed by atoms with Gasteiger partial charge in [-0.05, 0) is 46.6 Å². The molecule has 0 radical (unpaired) electrons. The molecule has 0 saturated carbocycles. The fourth-order valence-electron chi connectivity index (χ4n) is 3.01. The molecule has 2 amide bonds. The van der Waals surface area contributed by atoms with E-state index in [1.807, 2.05) is 13.8 Å². The van der Waals surface area contributed by atoms with Crippen molar-refractivity contribution in [2.24, 2.45) is 5.41 Å². The first kappa shape index (κ1) is 26.2. The quantitative estimate of drug-likeness (QED) is 0.350. The monoisotopic (exact) mass is 467 g/mol. The Morgan fingerprint density at radius 2 is 1.76 bits per heavy atom. The van der Waals surface area contributed by atoms with Crippen molar-refractivity contribution in [2.75, 3.05) is 19.7 Å². The van der Waals surface area contributed by atoms with Gasteiger partial charge in [-0.2, -0.15) is 0 Å². The van der Waals surface area contributed by atoms with Gasteiger partial charge in [-0.15, -0.1) is 4.73 Å². The molecule has 11 nitrogen and oxygen atoms in total. The minimum absolute atomic E-state index is 0.0779. The summed E-state index contributed by atoms with van der Waals surface area (Å²) in [5.74, 6) is -1.99. The van der Waals surface area contributed by atoms with Crippen LogP contribution in [0.2, 0.25) is 0 Å². The molecule has 1 atom stereocenters. The predicted molar refractivity (Wildman–Crippen MR) is 117 cm³/mol. The third-order valence-corrected chi connectivity index (χ3v) is 5.39. The Labute approximate surface area is 192 Å². The van der Waals surface area contributed by atoms with Gasteiger partial charge < -0.3 is 35.1 Å². The first-order valence-corrected chi connectivity index (χ1v) is 10.7. The van der Waals surface area contributed by atoms with Gasteiger partial charge in [-0.3, -0.25) is 9.59 Å². The number of amides is 2. The Morgan fingerprint density at radius 3 is 2.33 bits per heavy atom. The number of hydrogen-bond acceptors (Lipinski definition) is 8. The summed E-state index contributed by atoms with van der Waals surface area (Å²) in [6.45, 7) is 7.80. The van der Waals surface area contributed by atoms with E-state index in [2.05, 4.69) is 5.32 Å². The molecule has 2 heterocycles. The lowest BCUT2D eigenvalue weighted by atomic mass is 9.90. The number of carbonyl (C=O) groups excluding carboxylic acids is 3. The fraction of sp³-hybridized carbons (Fsp3) is 0.591. The number of carbonyl (C=O) groups is 3. The number of aromatic nitrogens is 1. The van der Waals surface area contributed by atoms with Gasteiger partial charge in [-0.1, -0.05) is 0 Å². The van der Waals surface area contributed by atoms with Gasteiger partial charge in [-0.25, -0.2) is 4.79 Å². The van der Waals surface area contributed by atoms with Gasteiger partial charge in [0.1, 0.15) is 6.23 Å². The lowest BCUT2D eigenvalue weighted by molar-refractivity contribution is -0.157. The summed E-state index contributed by atoms with van der Waals surface area (Å²) in [4.78, 5) is 42.2. The number of ether oxygens (including phenoxy) is 1. The van der Waals surface area contributed by atoms with Gasteiger partial charge >= 0.3 is 5.97 Å². The van der Waals surface area contributed by atoms with Gasteiger partial charge in [0, 0.05) is 44.3 Å². The topological polar surface area (TPSA) is 151 Å². The van der Waals surface area contributed by atoms with E-state index in [0.29, 0.717) is 24.1 Å². The molecule has 1 aliphatic rings. The molecular formula is C22H33N3O8. The van der Waals surface area contributed by atoms with Gasteiger partial charge in [0.25, 0.3) is 0 Å². The first-order valence-electron chi connectivity index (χ1n) is 10.7. The lowest BCUT2D eigenvalue weighted by Gasteiger charge is -2.28. The van der Waals surface area contributed by atoms with Crippen LogP contribution in [-0.4, -0.2) is 74.3 Å². The van der Waals surface area contributed by atoms with Crippen LogP contribution in [-0.2, 0) is 19.1 Å². The highest BCUT2D eigenvalue weighted by Gasteiger charge is 2.32. The van der Waals surface area contributed by atoms with E-state index in [0.717, 1.165) is 0 Å². The highest BCUT2D eigenvalue weighted by atomic mass is 16.7. The largest absolute Gasteiger partial charge is 0.492 e. The summed E-state index contributed by atoms with van der Waals surface area (Å²) in [7, 11) is 0. The average Bonchev–Trinajstić information content (AvgIpc) is 3.21. The predicted octanol–water partition coefficient (Wildman–Crippen LogP) is 0.679. The summed E-state index contributed by atoms with van der Waals surface area (Å²) in [5.41, 5.74) is -1.52. The average molecular weight is 468 g/mol. The summed E-state index contributed by atoms with van der Waals surface area (Å²) in [6.07, 6.45) is 2.58. The number of aromatic hydroxyl groups is 2. The Morgan fingerprint density at radius 1 is 1.12 bits per heavy atom. The van der Waals surface area contributed by atoms with Crippen LogP contribution in [0.4, 0.5) is 0 Å². The molecule has 0 fully saturated rings. The number of nitrogens with one attached hydrogen (secondary N) is 1. The summed E-state index contributed by atoms with van der Waals surface area (Å²) >= 11 is 0. The van der Waals surface area contributed by atoms with Gasteiger partial charge in [0.2, 0.25) is 23.6 Å². The molecule has 1 aromatic rings. The summed E-state index contributed by atoms with van der Waals surface area (Å²) in [5, 5.41) is 31.6. The highest BCUT2D eigenvalue weighted by Crippen LogP contribution is 2.26. The lowest BCUT2D eigenvalue weighted by Crippen LogP contribution is -2.38. The molecule has 1 aliphatic heterocycles. The van der Waals surface area contributed by atoms with Crippen LogP contribution in [0.25, 0.3) is 0 Å². The second-order valence-corrected chi connectivity index (χ2v) is 9.12. The van der Waals surface area contributed by atoms with Crippen LogP contribution in [0.15, 0.2) is 24.3 Å². The maximum atomic E-state index is 12.4. The van der Waals surface area contributed by atoms with E-state index in [-0.39, 0.29) is 31.4 Å². The van der Waals surface area contributed by atoms with Gasteiger partial charge in [0.05, 0.1) is 11.0 Å². The van der Waals surface area contributed by atoms with Crippen LogP contribution in [0, 0.1) is 5.41 Å². The molecule has 33 heavy (non-hydrogen) atoms. The smallest absolute Gasteiger partial charge is 0.338 e. The number of aliphatic hydroxyl groups is 1. The van der Waals surface area contributed by atoms with E-state index >= 15 is 0 Å². The standard InChI is InChI=1S/C22H33N3O8/c1-21(2,20(31)33-25-18(29)7-8-19(25)30)11-14-32-22(3,4)10-12-23-15(26)9-13-24-16(27)5-6-17(24)28/h5-8,16,27,29-30H,9-14H2,1-4H3,(H,23,26). The van der Waals surface area contributed by atoms with Gasteiger partial charge in [0.15, 0.2) is 0 Å². The molecule has 1 unspecified atom stereocenters. The number of nitrogens with zero attached hydrogens (tertiary/aromatic N) is 2. The molecular weight excluding hydrogens is 434 g/mol. The van der Waals surface area contributed by atoms with Crippen LogP contribution in [0.3, 0.4) is 0 Å². The molecule has 0 aliphatic carbocycles. The molecule has 4 N–H and O–H groups in total. The van der Waals surface area contributed by atoms with E-state index in [1.165, 1.54) is 29.2 Å². The maximum Gasteiger partial charge on any atom is 0.338 e. The molecule has 1 aromatic heterocycles. The minimum atomic E-state index is -0.987. The van der Waals surface area contributed by atoms with E-state index in [4.69, 9.17) is 9.57 Å². The molecule has 2 rings (SSSR count). The van der Waals surface area contributed by atoms with E-state index in [9.17, 15) is 29.7 Å². The second-order valence-electron chi connectivity index (χ2n) is 9.12. The number of hydrogen-bond donors (Lipinski definition) is 4. The Bertz CT molecular complexity index is 871. The van der Waals surface area contributed by atoms with Crippen molar-refractivity contribution in [3.8, 4) is 11.8 Å². The zero-order valence-corrected chi connectivity index (χ0v) is 19.4. The molecule has 0 saturated heterocycles. The van der Waals surface area contributed by atoms with Crippen LogP contribution in [0.5, 0.6) is 11.8 Å². The molecule has 11 heteroatoms.